The molecule has 144 valence electrons. The minimum Gasteiger partial charge on any atom is -0.493 e. The van der Waals surface area contributed by atoms with E-state index in [4.69, 9.17) is 9.47 Å². The van der Waals surface area contributed by atoms with E-state index in [0.29, 0.717) is 24.6 Å². The second-order valence-corrected chi connectivity index (χ2v) is 6.94. The molecule has 0 spiro atoms. The summed E-state index contributed by atoms with van der Waals surface area (Å²) in [7, 11) is 5.00. The third kappa shape index (κ3) is 5.11. The summed E-state index contributed by atoms with van der Waals surface area (Å²) in [6.45, 7) is 5.45. The van der Waals surface area contributed by atoms with Crippen LogP contribution in [0.4, 0.5) is 0 Å². The summed E-state index contributed by atoms with van der Waals surface area (Å²) < 4.78 is 10.7. The predicted molar refractivity (Wildman–Crippen MR) is 99.4 cm³/mol. The average molecular weight is 363 g/mol. The molecule has 7 nitrogen and oxygen atoms in total. The summed E-state index contributed by atoms with van der Waals surface area (Å²) in [5.74, 6) is 1.33. The third-order valence-corrected chi connectivity index (χ3v) is 4.34. The number of fused-ring (bicyclic) bond motifs is 1. The Morgan fingerprint density at radius 3 is 2.35 bits per heavy atom. The zero-order valence-corrected chi connectivity index (χ0v) is 16.3. The summed E-state index contributed by atoms with van der Waals surface area (Å²) in [5.41, 5.74) is 2.25. The fourth-order valence-corrected chi connectivity index (χ4v) is 3.10. The maximum absolute atomic E-state index is 12.6. The normalized spacial score (nSPS) is 13.6. The van der Waals surface area contributed by atoms with Crippen LogP contribution in [0.5, 0.6) is 11.5 Å². The van der Waals surface area contributed by atoms with Crippen LogP contribution in [0.3, 0.4) is 0 Å². The first-order valence-corrected chi connectivity index (χ1v) is 8.83. The lowest BCUT2D eigenvalue weighted by Gasteiger charge is -2.31. The summed E-state index contributed by atoms with van der Waals surface area (Å²) in [4.78, 5) is 28.0. The van der Waals surface area contributed by atoms with Crippen molar-refractivity contribution in [2.24, 2.45) is 0 Å². The van der Waals surface area contributed by atoms with Gasteiger partial charge in [-0.05, 0) is 50.6 Å². The van der Waals surface area contributed by atoms with Crippen LogP contribution in [0.2, 0.25) is 0 Å². The molecular weight excluding hydrogens is 334 g/mol. The molecule has 1 aromatic rings. The standard InChI is InChI=1S/C19H29N3O4/c1-13(2)20-18(23)11-21(3)12-19(24)22-7-6-14-8-16(25-4)17(26-5)9-15(14)10-22/h8-9,13H,6-7,10-12H2,1-5H3,(H,20,23). The quantitative estimate of drug-likeness (QED) is 0.784. The van der Waals surface area contributed by atoms with Gasteiger partial charge in [-0.2, -0.15) is 0 Å². The van der Waals surface area contributed by atoms with Gasteiger partial charge in [0.2, 0.25) is 11.8 Å². The lowest BCUT2D eigenvalue weighted by atomic mass is 9.98. The van der Waals surface area contributed by atoms with Crippen molar-refractivity contribution < 1.29 is 19.1 Å². The Balaban J connectivity index is 1.97. The molecule has 0 saturated heterocycles. The Hall–Kier alpha value is -2.28. The smallest absolute Gasteiger partial charge is 0.237 e. The van der Waals surface area contributed by atoms with Crippen LogP contribution < -0.4 is 14.8 Å². The second kappa shape index (κ2) is 8.89. The molecule has 1 heterocycles. The van der Waals surface area contributed by atoms with E-state index in [9.17, 15) is 9.59 Å². The fourth-order valence-electron chi connectivity index (χ4n) is 3.10. The van der Waals surface area contributed by atoms with Crippen molar-refractivity contribution in [3.63, 3.8) is 0 Å². The highest BCUT2D eigenvalue weighted by atomic mass is 16.5. The number of carbonyl (C=O) groups is 2. The van der Waals surface area contributed by atoms with Crippen molar-refractivity contribution in [2.75, 3.05) is 40.9 Å². The van der Waals surface area contributed by atoms with Crippen molar-refractivity contribution >= 4 is 11.8 Å². The summed E-state index contributed by atoms with van der Waals surface area (Å²) in [5, 5.41) is 2.83. The molecule has 0 unspecified atom stereocenters. The van der Waals surface area contributed by atoms with Gasteiger partial charge in [0.15, 0.2) is 11.5 Å². The molecule has 1 aromatic carbocycles. The van der Waals surface area contributed by atoms with Gasteiger partial charge >= 0.3 is 0 Å². The first-order valence-electron chi connectivity index (χ1n) is 8.83. The monoisotopic (exact) mass is 363 g/mol. The zero-order chi connectivity index (χ0) is 19.3. The minimum absolute atomic E-state index is 0.0188. The number of hydrogen-bond acceptors (Lipinski definition) is 5. The molecule has 0 saturated carbocycles. The van der Waals surface area contributed by atoms with Crippen LogP contribution in [0.15, 0.2) is 12.1 Å². The van der Waals surface area contributed by atoms with Gasteiger partial charge in [-0.15, -0.1) is 0 Å². The molecule has 0 fully saturated rings. The summed E-state index contributed by atoms with van der Waals surface area (Å²) in [6, 6.07) is 4.02. The highest BCUT2D eigenvalue weighted by Crippen LogP contribution is 2.33. The zero-order valence-electron chi connectivity index (χ0n) is 16.3. The molecule has 0 aromatic heterocycles. The van der Waals surface area contributed by atoms with Crippen molar-refractivity contribution in [1.29, 1.82) is 0 Å². The lowest BCUT2D eigenvalue weighted by molar-refractivity contribution is -0.133. The molecule has 2 amide bonds. The van der Waals surface area contributed by atoms with Gasteiger partial charge in [0.25, 0.3) is 0 Å². The second-order valence-electron chi connectivity index (χ2n) is 6.94. The number of amides is 2. The van der Waals surface area contributed by atoms with Crippen LogP contribution in [0.1, 0.15) is 25.0 Å². The molecule has 0 radical (unpaired) electrons. The average Bonchev–Trinajstić information content (AvgIpc) is 2.58. The van der Waals surface area contributed by atoms with Gasteiger partial charge in [-0.3, -0.25) is 14.5 Å². The Bertz CT molecular complexity index is 660. The van der Waals surface area contributed by atoms with E-state index in [2.05, 4.69) is 5.32 Å². The first kappa shape index (κ1) is 20.0. The number of hydrogen-bond donors (Lipinski definition) is 1. The van der Waals surface area contributed by atoms with Gasteiger partial charge in [0.1, 0.15) is 0 Å². The van der Waals surface area contributed by atoms with E-state index in [1.165, 1.54) is 5.56 Å². The van der Waals surface area contributed by atoms with Crippen LogP contribution >= 0.6 is 0 Å². The highest BCUT2D eigenvalue weighted by Gasteiger charge is 2.24. The van der Waals surface area contributed by atoms with Gasteiger partial charge in [-0.25, -0.2) is 0 Å². The molecule has 7 heteroatoms. The van der Waals surface area contributed by atoms with E-state index in [0.717, 1.165) is 12.0 Å². The summed E-state index contributed by atoms with van der Waals surface area (Å²) in [6.07, 6.45) is 0.777. The number of likely N-dealkylation sites (N-methyl/N-ethyl adjacent to an activating group) is 1. The van der Waals surface area contributed by atoms with E-state index in [1.807, 2.05) is 30.9 Å². The van der Waals surface area contributed by atoms with Crippen LogP contribution in [0, 0.1) is 0 Å². The minimum atomic E-state index is -0.0730. The fraction of sp³-hybridized carbons (Fsp3) is 0.579. The number of nitrogens with one attached hydrogen (secondary N) is 1. The van der Waals surface area contributed by atoms with E-state index < -0.39 is 0 Å². The molecule has 1 N–H and O–H groups in total. The number of carbonyl (C=O) groups excluding carboxylic acids is 2. The molecule has 2 rings (SSSR count). The predicted octanol–water partition coefficient (Wildman–Crippen LogP) is 1.04. The molecule has 1 aliphatic heterocycles. The number of benzene rings is 1. The van der Waals surface area contributed by atoms with Crippen molar-refractivity contribution in [1.82, 2.24) is 15.1 Å². The molecule has 0 bridgehead atoms. The Kier molecular flexibility index (Phi) is 6.85. The van der Waals surface area contributed by atoms with Crippen LogP contribution in [-0.4, -0.2) is 68.6 Å². The third-order valence-electron chi connectivity index (χ3n) is 4.34. The van der Waals surface area contributed by atoms with E-state index >= 15 is 0 Å². The Morgan fingerprint density at radius 1 is 1.15 bits per heavy atom. The van der Waals surface area contributed by atoms with Gasteiger partial charge in [-0.1, -0.05) is 0 Å². The van der Waals surface area contributed by atoms with Gasteiger partial charge < -0.3 is 19.7 Å². The Morgan fingerprint density at radius 2 is 1.77 bits per heavy atom. The van der Waals surface area contributed by atoms with Crippen molar-refractivity contribution in [2.45, 2.75) is 32.9 Å². The van der Waals surface area contributed by atoms with E-state index in [1.54, 1.807) is 26.2 Å². The SMILES string of the molecule is COc1cc2c(cc1OC)CN(C(=O)CN(C)CC(=O)NC(C)C)CC2. The lowest BCUT2D eigenvalue weighted by Crippen LogP contribution is -2.45. The van der Waals surface area contributed by atoms with Crippen LogP contribution in [0.25, 0.3) is 0 Å². The highest BCUT2D eigenvalue weighted by molar-refractivity contribution is 5.81. The number of rotatable bonds is 7. The van der Waals surface area contributed by atoms with E-state index in [-0.39, 0.29) is 30.9 Å². The largest absolute Gasteiger partial charge is 0.493 e. The van der Waals surface area contributed by atoms with Crippen LogP contribution in [-0.2, 0) is 22.6 Å². The summed E-state index contributed by atoms with van der Waals surface area (Å²) >= 11 is 0. The van der Waals surface area contributed by atoms with Gasteiger partial charge in [0.05, 0.1) is 27.3 Å². The maximum Gasteiger partial charge on any atom is 0.237 e. The van der Waals surface area contributed by atoms with Crippen molar-refractivity contribution in [3.8, 4) is 11.5 Å². The molecule has 0 aliphatic carbocycles. The molecular formula is C19H29N3O4. The molecule has 26 heavy (non-hydrogen) atoms. The molecule has 1 aliphatic rings. The first-order chi connectivity index (χ1) is 12.3. The Labute approximate surface area is 155 Å². The van der Waals surface area contributed by atoms with Crippen molar-refractivity contribution in [3.05, 3.63) is 23.3 Å². The topological polar surface area (TPSA) is 71.1 Å². The number of ether oxygens (including phenoxy) is 2. The molecule has 0 atom stereocenters. The van der Waals surface area contributed by atoms with Gasteiger partial charge in [0, 0.05) is 19.1 Å². The maximum atomic E-state index is 12.6. The number of methoxy groups -OCH3 is 2. The number of nitrogens with zero attached hydrogens (tertiary/aromatic N) is 2.